The first-order valence-electron chi connectivity index (χ1n) is 16.2. The molecule has 0 spiro atoms. The summed E-state index contributed by atoms with van der Waals surface area (Å²) in [6.07, 6.45) is 12.5. The van der Waals surface area contributed by atoms with E-state index in [1.807, 2.05) is 3.21 Å². The van der Waals surface area contributed by atoms with Crippen LogP contribution in [0.3, 0.4) is 0 Å². The van der Waals surface area contributed by atoms with Crippen LogP contribution in [-0.2, 0) is 32.1 Å². The van der Waals surface area contributed by atoms with Gasteiger partial charge in [0.05, 0.1) is 0 Å². The summed E-state index contributed by atoms with van der Waals surface area (Å²) in [5.41, 5.74) is 14.7. The summed E-state index contributed by atoms with van der Waals surface area (Å²) >= 11 is -2.24. The molecule has 7 rings (SSSR count). The average molecular weight is 711 g/mol. The van der Waals surface area contributed by atoms with Gasteiger partial charge in [0.2, 0.25) is 0 Å². The zero-order valence-corrected chi connectivity index (χ0v) is 31.4. The predicted molar refractivity (Wildman–Crippen MR) is 183 cm³/mol. The van der Waals surface area contributed by atoms with Gasteiger partial charge in [-0.25, -0.2) is 0 Å². The molecule has 0 nitrogen and oxygen atoms in total. The van der Waals surface area contributed by atoms with Crippen LogP contribution >= 0.6 is 0 Å². The van der Waals surface area contributed by atoms with E-state index in [0.29, 0.717) is 3.63 Å². The molecule has 0 unspecified atom stereocenters. The van der Waals surface area contributed by atoms with Crippen molar-refractivity contribution in [3.63, 3.8) is 0 Å². The first-order chi connectivity index (χ1) is 20.6. The second-order valence-corrected chi connectivity index (χ2v) is 21.6. The Labute approximate surface area is 291 Å². The molecule has 45 heavy (non-hydrogen) atoms. The molecule has 0 N–H and O–H groups in total. The summed E-state index contributed by atoms with van der Waals surface area (Å²) in [4.78, 5) is 0. The van der Waals surface area contributed by atoms with Crippen molar-refractivity contribution in [2.24, 2.45) is 0 Å². The van der Waals surface area contributed by atoms with E-state index >= 15 is 0 Å². The normalized spacial score (nSPS) is 15.2. The maximum Gasteiger partial charge on any atom is -1.00 e. The summed E-state index contributed by atoms with van der Waals surface area (Å²) in [7, 11) is 0. The fourth-order valence-electron chi connectivity index (χ4n) is 7.50. The van der Waals surface area contributed by atoms with E-state index in [1.54, 1.807) is 14.4 Å². The van der Waals surface area contributed by atoms with Crippen molar-refractivity contribution in [1.29, 1.82) is 0 Å². The Morgan fingerprint density at radius 2 is 1.07 bits per heavy atom. The summed E-state index contributed by atoms with van der Waals surface area (Å²) in [6.45, 7) is 14.3. The SMILES string of the molecule is CC(C)(C)c1cc2c(cc1-c1ccccc1)[CH]([Zr+2]([C]1=CC=CC1)=[C]1CCC1)c1cc(-c3ccccc3)c(C(C)(C)C)cc1-2.[Cl-].[Cl-]. The van der Waals surface area contributed by atoms with Gasteiger partial charge < -0.3 is 24.8 Å². The van der Waals surface area contributed by atoms with Crippen molar-refractivity contribution in [2.75, 3.05) is 0 Å². The average Bonchev–Trinajstić information content (AvgIpc) is 3.60. The zero-order valence-electron chi connectivity index (χ0n) is 27.5. The second kappa shape index (κ2) is 13.1. The van der Waals surface area contributed by atoms with E-state index in [2.05, 4.69) is 145 Å². The summed E-state index contributed by atoms with van der Waals surface area (Å²) < 4.78 is 4.27. The number of benzene rings is 4. The molecule has 0 atom stereocenters. The van der Waals surface area contributed by atoms with Crippen molar-refractivity contribution >= 4 is 3.21 Å². The summed E-state index contributed by atoms with van der Waals surface area (Å²) in [6, 6.07) is 32.8. The molecule has 0 bridgehead atoms. The van der Waals surface area contributed by atoms with Crippen molar-refractivity contribution in [1.82, 2.24) is 0 Å². The van der Waals surface area contributed by atoms with Crippen LogP contribution in [0.2, 0.25) is 0 Å². The molecule has 230 valence electrons. The molecule has 1 saturated carbocycles. The van der Waals surface area contributed by atoms with Crippen molar-refractivity contribution < 1.29 is 46.1 Å². The van der Waals surface area contributed by atoms with Crippen LogP contribution in [0.15, 0.2) is 106 Å². The van der Waals surface area contributed by atoms with Gasteiger partial charge in [0.25, 0.3) is 0 Å². The van der Waals surface area contributed by atoms with Crippen molar-refractivity contribution in [2.45, 2.75) is 81.7 Å². The molecule has 0 radical (unpaired) electrons. The van der Waals surface area contributed by atoms with Gasteiger partial charge in [0.15, 0.2) is 0 Å². The molecule has 3 aliphatic rings. The van der Waals surface area contributed by atoms with E-state index in [9.17, 15) is 0 Å². The fourth-order valence-corrected chi connectivity index (χ4v) is 16.9. The Hall–Kier alpha value is -2.31. The number of allylic oxidation sites excluding steroid dienone is 4. The smallest absolute Gasteiger partial charge is 1.00 e. The predicted octanol–water partition coefficient (Wildman–Crippen LogP) is 5.51. The molecule has 1 fully saturated rings. The summed E-state index contributed by atoms with van der Waals surface area (Å²) in [5, 5.41) is 0. The van der Waals surface area contributed by atoms with Crippen molar-refractivity contribution in [3.8, 4) is 33.4 Å². The standard InChI is InChI=1S/C33H33.C5H5.C4H6.2ClH.Zr/c1-32(2,3)30-20-26-24(18-28(30)22-13-9-7-10-14-22)17-25-19-29(23-15-11-8-12-16-23)31(21-27(25)26)33(4,5)6;1-2-4-5-3-1;1-2-4-3-1;;;/h7-21H,1-6H3;1-3H,4H2;1-3H2;2*1H;/q;;;;;+2/p-2. The minimum absolute atomic E-state index is 0. The maximum absolute atomic E-state index is 2.65. The molecule has 0 amide bonds. The van der Waals surface area contributed by atoms with Gasteiger partial charge >= 0.3 is 268 Å². The van der Waals surface area contributed by atoms with E-state index in [-0.39, 0.29) is 35.6 Å². The Kier molecular flexibility index (Phi) is 9.88. The molecular formula is C42H44Cl2Zr. The van der Waals surface area contributed by atoms with E-state index < -0.39 is 21.3 Å². The van der Waals surface area contributed by atoms with Gasteiger partial charge in [-0.2, -0.15) is 0 Å². The van der Waals surface area contributed by atoms with Gasteiger partial charge in [0, 0.05) is 0 Å². The Bertz CT molecular complexity index is 1700. The minimum Gasteiger partial charge on any atom is -1.00 e. The number of hydrogen-bond acceptors (Lipinski definition) is 0. The van der Waals surface area contributed by atoms with Crippen LogP contribution in [0.25, 0.3) is 33.4 Å². The molecule has 0 heterocycles. The van der Waals surface area contributed by atoms with Gasteiger partial charge in [-0.1, -0.05) is 0 Å². The molecule has 0 saturated heterocycles. The van der Waals surface area contributed by atoms with Gasteiger partial charge in [0.1, 0.15) is 0 Å². The minimum atomic E-state index is -2.24. The third-order valence-corrected chi connectivity index (χ3v) is 18.5. The number of rotatable bonds is 4. The Morgan fingerprint density at radius 3 is 1.42 bits per heavy atom. The molecular weight excluding hydrogens is 667 g/mol. The first kappa shape index (κ1) is 34.0. The molecule has 4 aromatic carbocycles. The molecule has 3 heteroatoms. The Balaban J connectivity index is 0.00000200. The quantitative estimate of drug-likeness (QED) is 0.262. The molecule has 4 aromatic rings. The van der Waals surface area contributed by atoms with Gasteiger partial charge in [-0.3, -0.25) is 0 Å². The molecule has 0 aliphatic heterocycles. The molecule has 0 aromatic heterocycles. The van der Waals surface area contributed by atoms with Crippen molar-refractivity contribution in [3.05, 3.63) is 129 Å². The number of hydrogen-bond donors (Lipinski definition) is 0. The third kappa shape index (κ3) is 6.23. The molecule has 3 aliphatic carbocycles. The van der Waals surface area contributed by atoms with E-state index in [4.69, 9.17) is 0 Å². The summed E-state index contributed by atoms with van der Waals surface area (Å²) in [5.74, 6) is 0. The van der Waals surface area contributed by atoms with Gasteiger partial charge in [-0.15, -0.1) is 0 Å². The monoisotopic (exact) mass is 708 g/mol. The zero-order chi connectivity index (χ0) is 29.9. The topological polar surface area (TPSA) is 0 Å². The second-order valence-electron chi connectivity index (χ2n) is 14.8. The van der Waals surface area contributed by atoms with Crippen LogP contribution in [0.1, 0.15) is 93.1 Å². The fraction of sp³-hybridized carbons (Fsp3) is 0.310. The van der Waals surface area contributed by atoms with Crippen LogP contribution in [0, 0.1) is 0 Å². The van der Waals surface area contributed by atoms with E-state index in [1.165, 1.54) is 63.8 Å². The van der Waals surface area contributed by atoms with Crippen LogP contribution in [-0.4, -0.2) is 3.21 Å². The third-order valence-electron chi connectivity index (χ3n) is 9.82. The van der Waals surface area contributed by atoms with Crippen LogP contribution in [0.4, 0.5) is 0 Å². The number of halogens is 2. The Morgan fingerprint density at radius 1 is 0.600 bits per heavy atom. The first-order valence-corrected chi connectivity index (χ1v) is 20.0. The van der Waals surface area contributed by atoms with E-state index in [0.717, 1.165) is 6.42 Å². The van der Waals surface area contributed by atoms with Gasteiger partial charge in [-0.05, 0) is 0 Å². The number of fused-ring (bicyclic) bond motifs is 3. The van der Waals surface area contributed by atoms with Crippen LogP contribution < -0.4 is 24.8 Å². The largest absolute Gasteiger partial charge is 1.00 e. The maximum atomic E-state index is 2.65. The van der Waals surface area contributed by atoms with Crippen LogP contribution in [0.5, 0.6) is 0 Å².